The fourth-order valence-corrected chi connectivity index (χ4v) is 4.09. The second kappa shape index (κ2) is 8.04. The number of anilines is 2. The van der Waals surface area contributed by atoms with Crippen molar-refractivity contribution in [2.24, 2.45) is 0 Å². The minimum absolute atomic E-state index is 0.0380. The third-order valence-corrected chi connectivity index (χ3v) is 5.64. The number of aromatic nitrogens is 2. The molecule has 1 aliphatic heterocycles. The Kier molecular flexibility index (Phi) is 5.53. The molecular formula is C19H14F6N4O2S. The first-order valence-corrected chi connectivity index (χ1v) is 10.0. The summed E-state index contributed by atoms with van der Waals surface area (Å²) in [5.74, 6) is -1.26. The summed E-state index contributed by atoms with van der Waals surface area (Å²) in [4.78, 5) is 13.2. The lowest BCUT2D eigenvalue weighted by atomic mass is 10.0. The Bertz CT molecular complexity index is 1090. The SMILES string of the molecule is O=C(Nc1ccc(OC(F)(F)F)cc1)c1cc2n(n1)C(C(F)(F)F)CC(c1cccs1)N2. The highest BCUT2D eigenvalue weighted by atomic mass is 32.1. The minimum Gasteiger partial charge on any atom is -0.406 e. The van der Waals surface area contributed by atoms with E-state index in [9.17, 15) is 31.1 Å². The second-order valence-corrected chi connectivity index (χ2v) is 7.87. The zero-order valence-electron chi connectivity index (χ0n) is 15.9. The van der Waals surface area contributed by atoms with Crippen LogP contribution in [0.25, 0.3) is 0 Å². The summed E-state index contributed by atoms with van der Waals surface area (Å²) in [6, 6.07) is 6.46. The molecule has 0 aliphatic carbocycles. The molecule has 3 aromatic rings. The van der Waals surface area contributed by atoms with Crippen LogP contribution in [-0.2, 0) is 0 Å². The van der Waals surface area contributed by atoms with Crippen molar-refractivity contribution in [2.45, 2.75) is 31.0 Å². The highest BCUT2D eigenvalue weighted by molar-refractivity contribution is 7.10. The van der Waals surface area contributed by atoms with Gasteiger partial charge in [0.05, 0.1) is 6.04 Å². The number of thiophene rings is 1. The highest BCUT2D eigenvalue weighted by Gasteiger charge is 2.47. The van der Waals surface area contributed by atoms with Gasteiger partial charge in [-0.3, -0.25) is 4.79 Å². The molecule has 0 saturated carbocycles. The maximum Gasteiger partial charge on any atom is 0.573 e. The quantitative estimate of drug-likeness (QED) is 0.470. The topological polar surface area (TPSA) is 68.2 Å². The summed E-state index contributed by atoms with van der Waals surface area (Å²) in [5.41, 5.74) is -0.156. The fraction of sp³-hybridized carbons (Fsp3) is 0.263. The largest absolute Gasteiger partial charge is 0.573 e. The molecular weight excluding hydrogens is 462 g/mol. The average Bonchev–Trinajstić information content (AvgIpc) is 3.36. The van der Waals surface area contributed by atoms with Crippen LogP contribution in [0.2, 0.25) is 0 Å². The molecule has 0 spiro atoms. The number of carbonyl (C=O) groups is 1. The van der Waals surface area contributed by atoms with Gasteiger partial charge in [0.15, 0.2) is 11.7 Å². The summed E-state index contributed by atoms with van der Waals surface area (Å²) in [6.07, 6.45) is -9.73. The van der Waals surface area contributed by atoms with E-state index in [1.807, 2.05) is 0 Å². The molecule has 0 bridgehead atoms. The number of hydrogen-bond donors (Lipinski definition) is 2. The van der Waals surface area contributed by atoms with Gasteiger partial charge in [-0.05, 0) is 35.7 Å². The van der Waals surface area contributed by atoms with Gasteiger partial charge in [-0.2, -0.15) is 18.3 Å². The first kappa shape index (κ1) is 22.0. The molecule has 170 valence electrons. The van der Waals surface area contributed by atoms with Crippen molar-refractivity contribution in [3.63, 3.8) is 0 Å². The Morgan fingerprint density at radius 1 is 1.16 bits per heavy atom. The van der Waals surface area contributed by atoms with Crippen LogP contribution in [0.1, 0.15) is 33.9 Å². The number of benzene rings is 1. The molecule has 3 heterocycles. The molecule has 2 atom stereocenters. The number of rotatable bonds is 4. The molecule has 2 unspecified atom stereocenters. The van der Waals surface area contributed by atoms with Crippen LogP contribution in [0.4, 0.5) is 37.8 Å². The molecule has 0 saturated heterocycles. The van der Waals surface area contributed by atoms with Crippen LogP contribution < -0.4 is 15.4 Å². The zero-order valence-corrected chi connectivity index (χ0v) is 16.7. The first-order valence-electron chi connectivity index (χ1n) is 9.13. The van der Waals surface area contributed by atoms with Gasteiger partial charge < -0.3 is 15.4 Å². The van der Waals surface area contributed by atoms with Gasteiger partial charge in [-0.25, -0.2) is 4.68 Å². The van der Waals surface area contributed by atoms with E-state index in [4.69, 9.17) is 0 Å². The smallest absolute Gasteiger partial charge is 0.406 e. The summed E-state index contributed by atoms with van der Waals surface area (Å²) in [7, 11) is 0. The number of halogens is 6. The third kappa shape index (κ3) is 4.82. The number of alkyl halides is 6. The molecule has 4 rings (SSSR count). The Morgan fingerprint density at radius 3 is 2.47 bits per heavy atom. The van der Waals surface area contributed by atoms with Gasteiger partial charge in [0, 0.05) is 23.1 Å². The van der Waals surface area contributed by atoms with E-state index in [2.05, 4.69) is 20.5 Å². The van der Waals surface area contributed by atoms with Gasteiger partial charge in [-0.1, -0.05) is 6.07 Å². The zero-order chi connectivity index (χ0) is 23.1. The minimum atomic E-state index is -4.86. The van der Waals surface area contributed by atoms with E-state index in [0.29, 0.717) is 0 Å². The van der Waals surface area contributed by atoms with Crippen LogP contribution in [0.5, 0.6) is 5.75 Å². The Labute approximate surface area is 180 Å². The van der Waals surface area contributed by atoms with Crippen molar-refractivity contribution in [3.8, 4) is 5.75 Å². The van der Waals surface area contributed by atoms with Crippen LogP contribution in [0.3, 0.4) is 0 Å². The Morgan fingerprint density at radius 2 is 1.88 bits per heavy atom. The third-order valence-electron chi connectivity index (χ3n) is 4.65. The first-order chi connectivity index (χ1) is 15.0. The van der Waals surface area contributed by atoms with E-state index in [0.717, 1.165) is 21.7 Å². The van der Waals surface area contributed by atoms with E-state index < -0.39 is 36.3 Å². The standard InChI is InChI=1S/C19H14F6N4O2S/c20-18(21,22)15-8-12(14-2-1-7-32-14)27-16-9-13(28-29(15)16)17(30)26-10-3-5-11(6-4-10)31-19(23,24)25/h1-7,9,12,15,27H,8H2,(H,26,30). The van der Waals surface area contributed by atoms with E-state index >= 15 is 0 Å². The van der Waals surface area contributed by atoms with Crippen LogP contribution >= 0.6 is 11.3 Å². The Balaban J connectivity index is 1.54. The number of fused-ring (bicyclic) bond motifs is 1. The number of amides is 1. The summed E-state index contributed by atoms with van der Waals surface area (Å²) >= 11 is 1.32. The maximum absolute atomic E-state index is 13.7. The van der Waals surface area contributed by atoms with Crippen LogP contribution in [0, 0.1) is 0 Å². The fourth-order valence-electron chi connectivity index (χ4n) is 3.30. The summed E-state index contributed by atoms with van der Waals surface area (Å²) in [5, 5.41) is 11.0. The molecule has 13 heteroatoms. The highest BCUT2D eigenvalue weighted by Crippen LogP contribution is 2.44. The van der Waals surface area contributed by atoms with Crippen molar-refractivity contribution < 1.29 is 35.9 Å². The second-order valence-electron chi connectivity index (χ2n) is 6.89. The van der Waals surface area contributed by atoms with Crippen molar-refractivity contribution in [1.29, 1.82) is 0 Å². The number of ether oxygens (including phenoxy) is 1. The lowest BCUT2D eigenvalue weighted by Gasteiger charge is -2.32. The summed E-state index contributed by atoms with van der Waals surface area (Å²) in [6.45, 7) is 0. The van der Waals surface area contributed by atoms with Crippen molar-refractivity contribution >= 4 is 28.7 Å². The van der Waals surface area contributed by atoms with Crippen molar-refractivity contribution in [1.82, 2.24) is 9.78 Å². The van der Waals surface area contributed by atoms with Gasteiger partial charge in [0.2, 0.25) is 0 Å². The normalized spacial score (nSPS) is 18.6. The molecule has 2 aromatic heterocycles. The number of carbonyl (C=O) groups excluding carboxylic acids is 1. The lowest BCUT2D eigenvalue weighted by Crippen LogP contribution is -2.35. The molecule has 1 aliphatic rings. The predicted octanol–water partition coefficient (Wildman–Crippen LogP) is 5.76. The molecule has 1 amide bonds. The number of nitrogens with zero attached hydrogens (tertiary/aromatic N) is 2. The maximum atomic E-state index is 13.7. The molecule has 32 heavy (non-hydrogen) atoms. The molecule has 0 radical (unpaired) electrons. The number of nitrogens with one attached hydrogen (secondary N) is 2. The Hall–Kier alpha value is -3.22. The monoisotopic (exact) mass is 476 g/mol. The molecule has 6 nitrogen and oxygen atoms in total. The van der Waals surface area contributed by atoms with Crippen LogP contribution in [0.15, 0.2) is 47.8 Å². The van der Waals surface area contributed by atoms with Crippen molar-refractivity contribution in [3.05, 3.63) is 58.4 Å². The van der Waals surface area contributed by atoms with Gasteiger partial charge >= 0.3 is 12.5 Å². The van der Waals surface area contributed by atoms with E-state index in [-0.39, 0.29) is 23.6 Å². The average molecular weight is 476 g/mol. The van der Waals surface area contributed by atoms with E-state index in [1.54, 1.807) is 17.5 Å². The molecule has 2 N–H and O–H groups in total. The lowest BCUT2D eigenvalue weighted by molar-refractivity contribution is -0.274. The molecule has 0 fully saturated rings. The van der Waals surface area contributed by atoms with Gasteiger partial charge in [-0.15, -0.1) is 24.5 Å². The summed E-state index contributed by atoms with van der Waals surface area (Å²) < 4.78 is 82.2. The van der Waals surface area contributed by atoms with Crippen molar-refractivity contribution in [2.75, 3.05) is 10.6 Å². The number of hydrogen-bond acceptors (Lipinski definition) is 5. The van der Waals surface area contributed by atoms with Gasteiger partial charge in [0.25, 0.3) is 5.91 Å². The van der Waals surface area contributed by atoms with E-state index in [1.165, 1.54) is 29.5 Å². The van der Waals surface area contributed by atoms with Gasteiger partial charge in [0.1, 0.15) is 11.6 Å². The molecule has 1 aromatic carbocycles. The van der Waals surface area contributed by atoms with Crippen LogP contribution in [-0.4, -0.2) is 28.2 Å². The predicted molar refractivity (Wildman–Crippen MR) is 104 cm³/mol.